The Kier molecular flexibility index (Phi) is 6.53. The van der Waals surface area contributed by atoms with Crippen molar-refractivity contribution in [2.75, 3.05) is 26.2 Å². The van der Waals surface area contributed by atoms with Crippen LogP contribution in [-0.2, 0) is 9.59 Å². The van der Waals surface area contributed by atoms with Crippen molar-refractivity contribution < 1.29 is 9.59 Å². The molecule has 3 aliphatic rings. The fraction of sp³-hybridized carbons (Fsp3) is 0.625. The van der Waals surface area contributed by atoms with Crippen molar-refractivity contribution >= 4 is 11.8 Å². The highest BCUT2D eigenvalue weighted by molar-refractivity contribution is 5.81. The molecule has 1 aromatic carbocycles. The largest absolute Gasteiger partial charge is 0.368 e. The van der Waals surface area contributed by atoms with Gasteiger partial charge >= 0.3 is 0 Å². The Balaban J connectivity index is 1.30. The molecule has 2 aliphatic heterocycles. The number of nitrogens with two attached hydrogens (primary N) is 1. The first-order chi connectivity index (χ1) is 14.1. The Morgan fingerprint density at radius 1 is 1.03 bits per heavy atom. The maximum atomic E-state index is 12.8. The zero-order valence-electron chi connectivity index (χ0n) is 17.3. The summed E-state index contributed by atoms with van der Waals surface area (Å²) >= 11 is 0. The van der Waals surface area contributed by atoms with Gasteiger partial charge in [-0.2, -0.15) is 0 Å². The van der Waals surface area contributed by atoms with Crippen LogP contribution >= 0.6 is 0 Å². The first-order valence-corrected chi connectivity index (χ1v) is 11.3. The Morgan fingerprint density at radius 2 is 1.79 bits per heavy atom. The van der Waals surface area contributed by atoms with Crippen LogP contribution in [0.5, 0.6) is 0 Å². The summed E-state index contributed by atoms with van der Waals surface area (Å²) in [6, 6.07) is 10.1. The number of primary amides is 1. The van der Waals surface area contributed by atoms with Crippen LogP contribution in [0.2, 0.25) is 0 Å². The van der Waals surface area contributed by atoms with E-state index in [-0.39, 0.29) is 17.9 Å². The van der Waals surface area contributed by atoms with Crippen LogP contribution in [0.3, 0.4) is 0 Å². The van der Waals surface area contributed by atoms with Crippen molar-refractivity contribution in [3.63, 3.8) is 0 Å². The first kappa shape index (κ1) is 20.4. The molecule has 1 radical (unpaired) electrons. The molecule has 4 rings (SSSR count). The minimum atomic E-state index is -0.239. The van der Waals surface area contributed by atoms with E-state index in [9.17, 15) is 9.59 Å². The average molecular weight is 397 g/mol. The molecule has 5 nitrogen and oxygen atoms in total. The van der Waals surface area contributed by atoms with Gasteiger partial charge in [0.1, 0.15) is 0 Å². The van der Waals surface area contributed by atoms with Gasteiger partial charge in [-0.05, 0) is 49.6 Å². The normalized spacial score (nSPS) is 27.9. The van der Waals surface area contributed by atoms with Crippen LogP contribution in [0.25, 0.3) is 0 Å². The molecular formula is C24H34N3O2. The smallest absolute Gasteiger partial charge is 0.235 e. The number of likely N-dealkylation sites (tertiary alicyclic amines) is 2. The summed E-state index contributed by atoms with van der Waals surface area (Å²) in [7, 11) is 0. The van der Waals surface area contributed by atoms with E-state index < -0.39 is 0 Å². The lowest BCUT2D eigenvalue weighted by Gasteiger charge is -2.28. The molecule has 1 aromatic rings. The van der Waals surface area contributed by atoms with Crippen molar-refractivity contribution in [2.45, 2.75) is 51.0 Å². The highest BCUT2D eigenvalue weighted by Crippen LogP contribution is 2.37. The van der Waals surface area contributed by atoms with Crippen molar-refractivity contribution in [3.05, 3.63) is 42.3 Å². The molecule has 1 saturated carbocycles. The predicted octanol–water partition coefficient (Wildman–Crippen LogP) is 2.84. The van der Waals surface area contributed by atoms with Gasteiger partial charge in [0.25, 0.3) is 0 Å². The van der Waals surface area contributed by atoms with Crippen molar-refractivity contribution in [2.24, 2.45) is 23.5 Å². The third-order valence-corrected chi connectivity index (χ3v) is 7.19. The molecule has 0 bridgehead atoms. The summed E-state index contributed by atoms with van der Waals surface area (Å²) in [5.74, 6) is 1.19. The minimum absolute atomic E-state index is 0.194. The Hall–Kier alpha value is -1.88. The van der Waals surface area contributed by atoms with Crippen molar-refractivity contribution in [3.8, 4) is 0 Å². The number of hydrogen-bond acceptors (Lipinski definition) is 3. The van der Waals surface area contributed by atoms with Crippen LogP contribution in [-0.4, -0.2) is 53.8 Å². The summed E-state index contributed by atoms with van der Waals surface area (Å²) < 4.78 is 0. The van der Waals surface area contributed by atoms with Gasteiger partial charge in [0.2, 0.25) is 11.8 Å². The van der Waals surface area contributed by atoms with Gasteiger partial charge in [-0.3, -0.25) is 14.5 Å². The molecular weight excluding hydrogens is 362 g/mol. The van der Waals surface area contributed by atoms with Crippen molar-refractivity contribution in [1.29, 1.82) is 0 Å². The maximum absolute atomic E-state index is 12.8. The molecule has 157 valence electrons. The average Bonchev–Trinajstić information content (AvgIpc) is 3.27. The zero-order chi connectivity index (χ0) is 20.2. The highest BCUT2D eigenvalue weighted by Gasteiger charge is 2.49. The second-order valence-corrected chi connectivity index (χ2v) is 9.18. The summed E-state index contributed by atoms with van der Waals surface area (Å²) in [5.41, 5.74) is 7.01. The lowest BCUT2D eigenvalue weighted by molar-refractivity contribution is -0.132. The molecule has 3 atom stereocenters. The molecule has 3 fully saturated rings. The molecule has 2 amide bonds. The van der Waals surface area contributed by atoms with E-state index in [2.05, 4.69) is 23.5 Å². The SMILES string of the molecule is NC(=O)C1[C@@H]2CN(C(=O)CC3CCCCC3)CC2CN1CC[CH]c1ccccc1. The number of carbonyl (C=O) groups excluding carboxylic acids is 2. The molecule has 29 heavy (non-hydrogen) atoms. The standard InChI is InChI=1S/C24H34N3O2/c25-24(29)23-21-17-27(22(28)14-19-10-5-2-6-11-19)16-20(21)15-26(23)13-7-12-18-8-3-1-4-9-18/h1,3-4,8-9,12,19-21,23H,2,5-7,10-11,13-17H2,(H2,25,29)/t20?,21-,23?/m1/s1. The number of hydrogen-bond donors (Lipinski definition) is 1. The van der Waals surface area contributed by atoms with E-state index >= 15 is 0 Å². The number of rotatable bonds is 7. The van der Waals surface area contributed by atoms with Gasteiger partial charge in [0.05, 0.1) is 6.04 Å². The summed E-state index contributed by atoms with van der Waals surface area (Å²) in [6.07, 6.45) is 10.0. The lowest BCUT2D eigenvalue weighted by atomic mass is 9.86. The molecule has 1 aliphatic carbocycles. The van der Waals surface area contributed by atoms with Gasteiger partial charge in [-0.15, -0.1) is 0 Å². The minimum Gasteiger partial charge on any atom is -0.368 e. The second-order valence-electron chi connectivity index (χ2n) is 9.18. The van der Waals surface area contributed by atoms with Crippen LogP contribution in [0.1, 0.15) is 50.5 Å². The molecule has 0 aromatic heterocycles. The van der Waals surface area contributed by atoms with Gasteiger partial charge in [0, 0.05) is 32.0 Å². The molecule has 2 N–H and O–H groups in total. The predicted molar refractivity (Wildman–Crippen MR) is 114 cm³/mol. The van der Waals surface area contributed by atoms with Crippen LogP contribution in [0.15, 0.2) is 30.3 Å². The van der Waals surface area contributed by atoms with Gasteiger partial charge in [-0.1, -0.05) is 49.6 Å². The van der Waals surface area contributed by atoms with Crippen molar-refractivity contribution in [1.82, 2.24) is 9.80 Å². The number of amides is 2. The van der Waals surface area contributed by atoms with E-state index in [1.54, 1.807) is 0 Å². The van der Waals surface area contributed by atoms with Gasteiger partial charge < -0.3 is 10.6 Å². The monoisotopic (exact) mass is 396 g/mol. The first-order valence-electron chi connectivity index (χ1n) is 11.3. The van der Waals surface area contributed by atoms with E-state index in [4.69, 9.17) is 5.73 Å². The summed E-state index contributed by atoms with van der Waals surface area (Å²) in [6.45, 7) is 3.20. The van der Waals surface area contributed by atoms with Crippen LogP contribution in [0, 0.1) is 24.2 Å². The Morgan fingerprint density at radius 3 is 2.52 bits per heavy atom. The van der Waals surface area contributed by atoms with E-state index in [0.717, 1.165) is 26.1 Å². The van der Waals surface area contributed by atoms with Gasteiger partial charge in [0.15, 0.2) is 0 Å². The number of benzene rings is 1. The third-order valence-electron chi connectivity index (χ3n) is 7.19. The molecule has 0 spiro atoms. The fourth-order valence-corrected chi connectivity index (χ4v) is 5.71. The molecule has 2 saturated heterocycles. The molecule has 2 unspecified atom stereocenters. The van der Waals surface area contributed by atoms with Crippen LogP contribution < -0.4 is 5.73 Å². The van der Waals surface area contributed by atoms with E-state index in [1.165, 1.54) is 37.7 Å². The van der Waals surface area contributed by atoms with Gasteiger partial charge in [-0.25, -0.2) is 0 Å². The quantitative estimate of drug-likeness (QED) is 0.771. The molecule has 2 heterocycles. The topological polar surface area (TPSA) is 66.6 Å². The second kappa shape index (κ2) is 9.29. The van der Waals surface area contributed by atoms with E-state index in [0.29, 0.717) is 30.7 Å². The third kappa shape index (κ3) is 4.82. The lowest BCUT2D eigenvalue weighted by Crippen LogP contribution is -2.46. The zero-order valence-corrected chi connectivity index (χ0v) is 17.3. The summed E-state index contributed by atoms with van der Waals surface area (Å²) in [4.78, 5) is 29.3. The number of nitrogens with zero attached hydrogens (tertiary/aromatic N) is 2. The fourth-order valence-electron chi connectivity index (χ4n) is 5.71. The number of fused-ring (bicyclic) bond motifs is 1. The Bertz CT molecular complexity index is 701. The van der Waals surface area contributed by atoms with Crippen LogP contribution in [0.4, 0.5) is 0 Å². The van der Waals surface area contributed by atoms with E-state index in [1.807, 2.05) is 23.1 Å². The number of carbonyl (C=O) groups is 2. The summed E-state index contributed by atoms with van der Waals surface area (Å²) in [5, 5.41) is 0. The Labute approximate surface area is 174 Å². The maximum Gasteiger partial charge on any atom is 0.235 e. The molecule has 5 heteroatoms. The highest BCUT2D eigenvalue weighted by atomic mass is 16.2.